The highest BCUT2D eigenvalue weighted by Crippen LogP contribution is 2.21. The van der Waals surface area contributed by atoms with E-state index in [1.165, 1.54) is 12.1 Å². The maximum absolute atomic E-state index is 12.1. The number of fused-ring (bicyclic) bond motifs is 1. The van der Waals surface area contributed by atoms with Crippen molar-refractivity contribution in [2.24, 2.45) is 0 Å². The Morgan fingerprint density at radius 1 is 1.35 bits per heavy atom. The highest BCUT2D eigenvalue weighted by molar-refractivity contribution is 5.93. The van der Waals surface area contributed by atoms with Crippen LogP contribution in [0.1, 0.15) is 24.4 Å². The Morgan fingerprint density at radius 2 is 2.00 bits per heavy atom. The number of carbonyl (C=O) groups is 1. The van der Waals surface area contributed by atoms with Gasteiger partial charge >= 0.3 is 11.7 Å². The molecule has 20 heavy (non-hydrogen) atoms. The fraction of sp³-hybridized carbons (Fsp3) is 0.231. The van der Waals surface area contributed by atoms with Gasteiger partial charge in [0.2, 0.25) is 0 Å². The van der Waals surface area contributed by atoms with Crippen molar-refractivity contribution in [3.05, 3.63) is 50.4 Å². The van der Waals surface area contributed by atoms with Crippen LogP contribution in [0.4, 0.5) is 5.69 Å². The number of carbonyl (C=O) groups excluding carboxylic acids is 1. The van der Waals surface area contributed by atoms with Gasteiger partial charge in [0, 0.05) is 0 Å². The number of para-hydroxylation sites is 1. The Labute approximate surface area is 112 Å². The van der Waals surface area contributed by atoms with Gasteiger partial charge in [-0.3, -0.25) is 14.9 Å². The van der Waals surface area contributed by atoms with E-state index in [2.05, 4.69) is 0 Å². The molecule has 1 aromatic carbocycles. The summed E-state index contributed by atoms with van der Waals surface area (Å²) >= 11 is 0. The van der Waals surface area contributed by atoms with Crippen LogP contribution in [0.25, 0.3) is 11.0 Å². The molecule has 1 aromatic heterocycles. The fourth-order valence-corrected chi connectivity index (χ4v) is 1.70. The number of hydrogen-bond acceptors (Lipinski definition) is 6. The number of nitro groups is 1. The summed E-state index contributed by atoms with van der Waals surface area (Å²) in [5.74, 6) is -1.72. The summed E-state index contributed by atoms with van der Waals surface area (Å²) < 4.78 is 10.0. The molecule has 1 heterocycles. The molecule has 0 aliphatic rings. The number of benzene rings is 1. The minimum atomic E-state index is -1.03. The SMILES string of the molecule is CC(C)OC(=O)c1oc2ccccc2c(=O)c1[N+](=O)[O-]. The van der Waals surface area contributed by atoms with E-state index < -0.39 is 33.9 Å². The molecule has 0 atom stereocenters. The lowest BCUT2D eigenvalue weighted by Gasteiger charge is -2.07. The summed E-state index contributed by atoms with van der Waals surface area (Å²) in [6, 6.07) is 5.99. The smallest absolute Gasteiger partial charge is 0.382 e. The zero-order valence-electron chi connectivity index (χ0n) is 10.8. The Hall–Kier alpha value is -2.70. The maximum atomic E-state index is 12.1. The second-order valence-electron chi connectivity index (χ2n) is 4.32. The van der Waals surface area contributed by atoms with Gasteiger partial charge in [-0.2, -0.15) is 0 Å². The van der Waals surface area contributed by atoms with Crippen molar-refractivity contribution in [3.63, 3.8) is 0 Å². The first-order chi connectivity index (χ1) is 9.41. The van der Waals surface area contributed by atoms with Gasteiger partial charge in [0.1, 0.15) is 5.58 Å². The summed E-state index contributed by atoms with van der Waals surface area (Å²) in [6.07, 6.45) is -0.487. The molecule has 0 aliphatic carbocycles. The van der Waals surface area contributed by atoms with Gasteiger partial charge in [-0.15, -0.1) is 0 Å². The van der Waals surface area contributed by atoms with Gasteiger partial charge in [0.05, 0.1) is 16.4 Å². The van der Waals surface area contributed by atoms with E-state index in [-0.39, 0.29) is 11.0 Å². The van der Waals surface area contributed by atoms with E-state index in [1.807, 2.05) is 0 Å². The predicted molar refractivity (Wildman–Crippen MR) is 69.7 cm³/mol. The lowest BCUT2D eigenvalue weighted by atomic mass is 10.2. The number of hydrogen-bond donors (Lipinski definition) is 0. The molecule has 104 valence electrons. The van der Waals surface area contributed by atoms with Crippen LogP contribution in [0, 0.1) is 10.1 Å². The van der Waals surface area contributed by atoms with Crippen molar-refractivity contribution in [2.45, 2.75) is 20.0 Å². The molecule has 0 bridgehead atoms. The van der Waals surface area contributed by atoms with Gasteiger partial charge in [0.25, 0.3) is 11.2 Å². The molecule has 7 heteroatoms. The average molecular weight is 277 g/mol. The van der Waals surface area contributed by atoms with Gasteiger partial charge in [-0.05, 0) is 26.0 Å². The van der Waals surface area contributed by atoms with Crippen molar-refractivity contribution < 1.29 is 18.9 Å². The van der Waals surface area contributed by atoms with Crippen LogP contribution < -0.4 is 5.43 Å². The van der Waals surface area contributed by atoms with Crippen molar-refractivity contribution in [1.82, 2.24) is 0 Å². The van der Waals surface area contributed by atoms with Crippen molar-refractivity contribution in [3.8, 4) is 0 Å². The topological polar surface area (TPSA) is 99.7 Å². The van der Waals surface area contributed by atoms with Crippen LogP contribution in [-0.4, -0.2) is 17.0 Å². The number of ether oxygens (including phenoxy) is 1. The molecule has 0 spiro atoms. The molecule has 0 radical (unpaired) electrons. The molecule has 0 N–H and O–H groups in total. The van der Waals surface area contributed by atoms with Gasteiger partial charge in [-0.25, -0.2) is 4.79 Å². The van der Waals surface area contributed by atoms with Gasteiger partial charge in [0.15, 0.2) is 0 Å². The largest absolute Gasteiger partial charge is 0.457 e. The Bertz CT molecular complexity index is 746. The van der Waals surface area contributed by atoms with Crippen LogP contribution in [0.15, 0.2) is 33.5 Å². The zero-order chi connectivity index (χ0) is 14.9. The lowest BCUT2D eigenvalue weighted by molar-refractivity contribution is -0.387. The van der Waals surface area contributed by atoms with Crippen LogP contribution in [-0.2, 0) is 4.74 Å². The van der Waals surface area contributed by atoms with E-state index in [9.17, 15) is 19.7 Å². The summed E-state index contributed by atoms with van der Waals surface area (Å²) in [5, 5.41) is 11.1. The van der Waals surface area contributed by atoms with Crippen molar-refractivity contribution in [1.29, 1.82) is 0 Å². The number of rotatable bonds is 3. The molecule has 2 aromatic rings. The minimum Gasteiger partial charge on any atom is -0.457 e. The van der Waals surface area contributed by atoms with Crippen LogP contribution in [0.2, 0.25) is 0 Å². The molecule has 2 rings (SSSR count). The minimum absolute atomic E-state index is 0.0419. The van der Waals surface area contributed by atoms with E-state index in [1.54, 1.807) is 26.0 Å². The molecule has 0 aliphatic heterocycles. The third-order valence-corrected chi connectivity index (χ3v) is 2.48. The first kappa shape index (κ1) is 13.7. The van der Waals surface area contributed by atoms with Crippen molar-refractivity contribution >= 4 is 22.6 Å². The van der Waals surface area contributed by atoms with E-state index in [0.717, 1.165) is 0 Å². The molecule has 0 fully saturated rings. The Kier molecular flexibility index (Phi) is 3.51. The maximum Gasteiger partial charge on any atom is 0.382 e. The van der Waals surface area contributed by atoms with Crippen LogP contribution in [0.3, 0.4) is 0 Å². The molecule has 0 saturated carbocycles. The second-order valence-corrected chi connectivity index (χ2v) is 4.32. The standard InChI is InChI=1S/C13H11NO6/c1-7(2)19-13(16)12-10(14(17)18)11(15)8-5-3-4-6-9(8)20-12/h3-7H,1-2H3. The Morgan fingerprint density at radius 3 is 2.60 bits per heavy atom. The normalized spacial score (nSPS) is 10.8. The predicted octanol–water partition coefficient (Wildman–Crippen LogP) is 2.27. The first-order valence-electron chi connectivity index (χ1n) is 5.83. The van der Waals surface area contributed by atoms with Crippen molar-refractivity contribution in [2.75, 3.05) is 0 Å². The zero-order valence-corrected chi connectivity index (χ0v) is 10.8. The number of nitrogens with zero attached hydrogens (tertiary/aromatic N) is 1. The molecule has 0 unspecified atom stereocenters. The average Bonchev–Trinajstić information content (AvgIpc) is 2.37. The number of esters is 1. The molecule has 0 saturated heterocycles. The molecular weight excluding hydrogens is 266 g/mol. The second kappa shape index (κ2) is 5.12. The summed E-state index contributed by atoms with van der Waals surface area (Å²) in [6.45, 7) is 3.17. The van der Waals surface area contributed by atoms with Crippen LogP contribution in [0.5, 0.6) is 0 Å². The van der Waals surface area contributed by atoms with E-state index in [0.29, 0.717) is 0 Å². The third kappa shape index (κ3) is 2.37. The van der Waals surface area contributed by atoms with E-state index >= 15 is 0 Å². The lowest BCUT2D eigenvalue weighted by Crippen LogP contribution is -2.18. The Balaban J connectivity index is 2.75. The van der Waals surface area contributed by atoms with Crippen LogP contribution >= 0.6 is 0 Å². The molecule has 0 amide bonds. The fourth-order valence-electron chi connectivity index (χ4n) is 1.70. The quantitative estimate of drug-likeness (QED) is 0.484. The van der Waals surface area contributed by atoms with Gasteiger partial charge in [-0.1, -0.05) is 12.1 Å². The monoisotopic (exact) mass is 277 g/mol. The summed E-state index contributed by atoms with van der Waals surface area (Å²) in [4.78, 5) is 34.0. The molecule has 7 nitrogen and oxygen atoms in total. The van der Waals surface area contributed by atoms with E-state index in [4.69, 9.17) is 9.15 Å². The molecular formula is C13H11NO6. The third-order valence-electron chi connectivity index (χ3n) is 2.48. The first-order valence-corrected chi connectivity index (χ1v) is 5.83. The highest BCUT2D eigenvalue weighted by Gasteiger charge is 2.31. The summed E-state index contributed by atoms with van der Waals surface area (Å²) in [5.41, 5.74) is -1.68. The summed E-state index contributed by atoms with van der Waals surface area (Å²) in [7, 11) is 0. The highest BCUT2D eigenvalue weighted by atomic mass is 16.6. The van der Waals surface area contributed by atoms with Gasteiger partial charge < -0.3 is 9.15 Å².